The third-order valence-electron chi connectivity index (χ3n) is 4.08. The van der Waals surface area contributed by atoms with Crippen molar-refractivity contribution in [3.05, 3.63) is 24.3 Å². The minimum Gasteiger partial charge on any atom is -0.481 e. The first-order valence-electron chi connectivity index (χ1n) is 7.06. The zero-order valence-electron chi connectivity index (χ0n) is 12.3. The Morgan fingerprint density at radius 2 is 1.73 bits per heavy atom. The average Bonchev–Trinajstić information content (AvgIpc) is 2.88. The number of aliphatic carboxylic acids is 1. The van der Waals surface area contributed by atoms with E-state index < -0.39 is 21.2 Å². The molecule has 1 saturated carbocycles. The lowest BCUT2D eigenvalue weighted by Gasteiger charge is -2.22. The van der Waals surface area contributed by atoms with Crippen LogP contribution in [0.25, 0.3) is 0 Å². The molecule has 0 aliphatic heterocycles. The van der Waals surface area contributed by atoms with Crippen molar-refractivity contribution in [1.29, 1.82) is 0 Å². The third kappa shape index (κ3) is 3.65. The summed E-state index contributed by atoms with van der Waals surface area (Å²) in [6.45, 7) is 0. The van der Waals surface area contributed by atoms with Gasteiger partial charge in [-0.2, -0.15) is 0 Å². The van der Waals surface area contributed by atoms with Crippen molar-refractivity contribution in [2.45, 2.75) is 37.0 Å². The molecule has 1 aliphatic carbocycles. The van der Waals surface area contributed by atoms with Gasteiger partial charge in [0.15, 0.2) is 9.84 Å². The van der Waals surface area contributed by atoms with Crippen molar-refractivity contribution in [1.82, 2.24) is 0 Å². The second-order valence-corrected chi connectivity index (χ2v) is 7.83. The zero-order valence-corrected chi connectivity index (χ0v) is 13.1. The number of benzene rings is 1. The molecule has 6 nitrogen and oxygen atoms in total. The van der Waals surface area contributed by atoms with Crippen molar-refractivity contribution >= 4 is 27.4 Å². The third-order valence-corrected chi connectivity index (χ3v) is 5.21. The molecular formula is C15H19NO5S. The van der Waals surface area contributed by atoms with Crippen LogP contribution in [0.2, 0.25) is 0 Å². The Morgan fingerprint density at radius 1 is 1.18 bits per heavy atom. The number of rotatable bonds is 5. The SMILES string of the molecule is CS(=O)(=O)c1ccc(NC(=O)CC2(C(=O)O)CCCC2)cc1. The number of carboxylic acid groups (broad SMARTS) is 1. The van der Waals surface area contributed by atoms with Crippen LogP contribution in [-0.2, 0) is 19.4 Å². The average molecular weight is 325 g/mol. The van der Waals surface area contributed by atoms with Crippen LogP contribution >= 0.6 is 0 Å². The van der Waals surface area contributed by atoms with E-state index in [9.17, 15) is 23.1 Å². The van der Waals surface area contributed by atoms with E-state index >= 15 is 0 Å². The topological polar surface area (TPSA) is 101 Å². The first-order chi connectivity index (χ1) is 10.2. The van der Waals surface area contributed by atoms with Crippen molar-refractivity contribution in [3.8, 4) is 0 Å². The minimum atomic E-state index is -3.28. The maximum atomic E-state index is 12.1. The van der Waals surface area contributed by atoms with Gasteiger partial charge in [0.25, 0.3) is 0 Å². The van der Waals surface area contributed by atoms with Gasteiger partial charge in [-0.1, -0.05) is 12.8 Å². The van der Waals surface area contributed by atoms with Gasteiger partial charge in [-0.05, 0) is 37.1 Å². The maximum Gasteiger partial charge on any atom is 0.310 e. The molecule has 1 amide bonds. The first kappa shape index (κ1) is 16.5. The smallest absolute Gasteiger partial charge is 0.310 e. The molecule has 1 aromatic carbocycles. The molecule has 0 heterocycles. The first-order valence-corrected chi connectivity index (χ1v) is 8.95. The summed E-state index contributed by atoms with van der Waals surface area (Å²) in [6, 6.07) is 5.81. The molecule has 0 bridgehead atoms. The van der Waals surface area contributed by atoms with Gasteiger partial charge in [-0.15, -0.1) is 0 Å². The number of anilines is 1. The van der Waals surface area contributed by atoms with Crippen LogP contribution in [0, 0.1) is 5.41 Å². The number of hydrogen-bond acceptors (Lipinski definition) is 4. The van der Waals surface area contributed by atoms with Gasteiger partial charge >= 0.3 is 5.97 Å². The number of nitrogens with one attached hydrogen (secondary N) is 1. The van der Waals surface area contributed by atoms with E-state index in [0.29, 0.717) is 18.5 Å². The second kappa shape index (κ2) is 6.08. The van der Waals surface area contributed by atoms with Crippen LogP contribution in [0.5, 0.6) is 0 Å². The van der Waals surface area contributed by atoms with Crippen LogP contribution in [0.3, 0.4) is 0 Å². The fourth-order valence-electron chi connectivity index (χ4n) is 2.82. The summed E-state index contributed by atoms with van der Waals surface area (Å²) in [5, 5.41) is 12.0. The van der Waals surface area contributed by atoms with Crippen molar-refractivity contribution in [2.75, 3.05) is 11.6 Å². The molecule has 0 aromatic heterocycles. The summed E-state index contributed by atoms with van der Waals surface area (Å²) < 4.78 is 22.7. The van der Waals surface area contributed by atoms with E-state index in [0.717, 1.165) is 19.1 Å². The molecule has 22 heavy (non-hydrogen) atoms. The highest BCUT2D eigenvalue weighted by Crippen LogP contribution is 2.41. The van der Waals surface area contributed by atoms with Gasteiger partial charge in [0.1, 0.15) is 0 Å². The molecule has 0 radical (unpaired) electrons. The molecule has 1 fully saturated rings. The highest BCUT2D eigenvalue weighted by Gasteiger charge is 2.42. The number of amides is 1. The molecule has 1 aliphatic rings. The van der Waals surface area contributed by atoms with E-state index in [2.05, 4.69) is 5.32 Å². The molecule has 0 spiro atoms. The number of carbonyl (C=O) groups is 2. The minimum absolute atomic E-state index is 0.0594. The van der Waals surface area contributed by atoms with E-state index in [4.69, 9.17) is 0 Å². The molecule has 7 heteroatoms. The summed E-state index contributed by atoms with van der Waals surface area (Å²) in [5.74, 6) is -1.29. The van der Waals surface area contributed by atoms with Gasteiger partial charge in [-0.3, -0.25) is 9.59 Å². The summed E-state index contributed by atoms with van der Waals surface area (Å²) in [4.78, 5) is 23.7. The Hall–Kier alpha value is -1.89. The van der Waals surface area contributed by atoms with Gasteiger partial charge < -0.3 is 10.4 Å². The van der Waals surface area contributed by atoms with E-state index in [-0.39, 0.29) is 17.2 Å². The monoisotopic (exact) mass is 325 g/mol. The van der Waals surface area contributed by atoms with Crippen molar-refractivity contribution < 1.29 is 23.1 Å². The Labute approximate surface area is 129 Å². The number of sulfone groups is 1. The van der Waals surface area contributed by atoms with E-state index in [1.54, 1.807) is 0 Å². The molecule has 1 aromatic rings. The Bertz CT molecular complexity index is 672. The standard InChI is InChI=1S/C15H19NO5S/c1-22(20,21)12-6-4-11(5-7-12)16-13(17)10-15(14(18)19)8-2-3-9-15/h4-7H,2-3,8-10H2,1H3,(H,16,17)(H,18,19). The molecule has 120 valence electrons. The number of hydrogen-bond donors (Lipinski definition) is 2. The van der Waals surface area contributed by atoms with Gasteiger partial charge in [0, 0.05) is 18.4 Å². The predicted octanol–water partition coefficient (Wildman–Crippen LogP) is 2.06. The Morgan fingerprint density at radius 3 is 2.18 bits per heavy atom. The van der Waals surface area contributed by atoms with Crippen molar-refractivity contribution in [3.63, 3.8) is 0 Å². The van der Waals surface area contributed by atoms with Crippen LogP contribution in [0.15, 0.2) is 29.2 Å². The lowest BCUT2D eigenvalue weighted by Crippen LogP contribution is -2.32. The Balaban J connectivity index is 2.04. The van der Waals surface area contributed by atoms with Crippen LogP contribution < -0.4 is 5.32 Å². The summed E-state index contributed by atoms with van der Waals surface area (Å²) in [5.41, 5.74) is -0.507. The molecular weight excluding hydrogens is 306 g/mol. The molecule has 2 rings (SSSR count). The van der Waals surface area contributed by atoms with Crippen LogP contribution in [-0.4, -0.2) is 31.7 Å². The van der Waals surface area contributed by atoms with Crippen LogP contribution in [0.4, 0.5) is 5.69 Å². The summed E-state index contributed by atoms with van der Waals surface area (Å²) >= 11 is 0. The summed E-state index contributed by atoms with van der Waals surface area (Å²) in [6.07, 6.45) is 3.73. The largest absolute Gasteiger partial charge is 0.481 e. The van der Waals surface area contributed by atoms with E-state index in [1.165, 1.54) is 24.3 Å². The fourth-order valence-corrected chi connectivity index (χ4v) is 3.45. The highest BCUT2D eigenvalue weighted by atomic mass is 32.2. The molecule has 0 atom stereocenters. The van der Waals surface area contributed by atoms with Gasteiger partial charge in [0.05, 0.1) is 10.3 Å². The number of carbonyl (C=O) groups excluding carboxylic acids is 1. The van der Waals surface area contributed by atoms with Gasteiger partial charge in [-0.25, -0.2) is 8.42 Å². The van der Waals surface area contributed by atoms with E-state index in [1.807, 2.05) is 0 Å². The fraction of sp³-hybridized carbons (Fsp3) is 0.467. The van der Waals surface area contributed by atoms with Gasteiger partial charge in [0.2, 0.25) is 5.91 Å². The number of carboxylic acids is 1. The summed E-state index contributed by atoms with van der Waals surface area (Å²) in [7, 11) is -3.28. The van der Waals surface area contributed by atoms with Crippen molar-refractivity contribution in [2.24, 2.45) is 5.41 Å². The molecule has 0 saturated heterocycles. The highest BCUT2D eigenvalue weighted by molar-refractivity contribution is 7.90. The molecule has 0 unspecified atom stereocenters. The Kier molecular flexibility index (Phi) is 4.55. The molecule has 2 N–H and O–H groups in total. The lowest BCUT2D eigenvalue weighted by atomic mass is 9.82. The second-order valence-electron chi connectivity index (χ2n) is 5.81. The quantitative estimate of drug-likeness (QED) is 0.863. The lowest BCUT2D eigenvalue weighted by molar-refractivity contribution is -0.150. The van der Waals surface area contributed by atoms with Crippen LogP contribution in [0.1, 0.15) is 32.1 Å². The normalized spacial score (nSPS) is 17.1. The zero-order chi connectivity index (χ0) is 16.4. The maximum absolute atomic E-state index is 12.1. The predicted molar refractivity (Wildman–Crippen MR) is 81.3 cm³/mol.